The highest BCUT2D eigenvalue weighted by atomic mass is 14.0. The molecule has 2 rings (SSSR count). The third-order valence-corrected chi connectivity index (χ3v) is 2.46. The fraction of sp³-hybridized carbons (Fsp3) is 0.333. The van der Waals surface area contributed by atoms with E-state index in [-0.39, 0.29) is 1.43 Å². The summed E-state index contributed by atoms with van der Waals surface area (Å²) in [6, 6.07) is 8.90. The zero-order valence-electron chi connectivity index (χ0n) is 9.96. The Morgan fingerprint density at radius 3 is 1.93 bits per heavy atom. The molecular weight excluding hydrogens is 180 g/mol. The van der Waals surface area contributed by atoms with Gasteiger partial charge in [-0.05, 0) is 29.5 Å². The maximum absolute atomic E-state index is 2.23. The van der Waals surface area contributed by atoms with Gasteiger partial charge in [0.15, 0.2) is 0 Å². The van der Waals surface area contributed by atoms with Crippen molar-refractivity contribution in [1.82, 2.24) is 0 Å². The Bertz CT molecular complexity index is 344. The number of hydrogen-bond acceptors (Lipinski definition) is 0. The van der Waals surface area contributed by atoms with Crippen molar-refractivity contribution in [2.75, 3.05) is 0 Å². The molecule has 0 heterocycles. The van der Waals surface area contributed by atoms with Crippen molar-refractivity contribution in [3.8, 4) is 0 Å². The van der Waals surface area contributed by atoms with E-state index in [2.05, 4.69) is 49.4 Å². The molecule has 0 atom stereocenters. The molecule has 1 aromatic carbocycles. The summed E-state index contributed by atoms with van der Waals surface area (Å²) < 4.78 is 0. The molecule has 15 heavy (non-hydrogen) atoms. The maximum Gasteiger partial charge on any atom is 0 e. The minimum absolute atomic E-state index is 0. The molecule has 0 saturated carbocycles. The van der Waals surface area contributed by atoms with Gasteiger partial charge in [0.25, 0.3) is 0 Å². The van der Waals surface area contributed by atoms with Gasteiger partial charge in [0.2, 0.25) is 0 Å². The highest BCUT2D eigenvalue weighted by Crippen LogP contribution is 2.15. The Morgan fingerprint density at radius 2 is 1.53 bits per heavy atom. The highest BCUT2D eigenvalue weighted by Gasteiger charge is 1.99. The van der Waals surface area contributed by atoms with Crippen LogP contribution in [-0.2, 0) is 12.8 Å². The first-order valence-corrected chi connectivity index (χ1v) is 5.83. The Morgan fingerprint density at radius 1 is 1.00 bits per heavy atom. The second-order valence-electron chi connectivity index (χ2n) is 3.45. The molecule has 0 bridgehead atoms. The van der Waals surface area contributed by atoms with E-state index < -0.39 is 0 Å². The fourth-order valence-electron chi connectivity index (χ4n) is 1.48. The summed E-state index contributed by atoms with van der Waals surface area (Å²) >= 11 is 0. The van der Waals surface area contributed by atoms with Crippen LogP contribution < -0.4 is 0 Å². The SMILES string of the molecule is CC.CCc1ccc(CC2=CC=C2)cc1.[HH]. The monoisotopic (exact) mass is 202 g/mol. The molecule has 1 aromatic rings. The molecule has 0 N–H and O–H groups in total. The number of benzene rings is 1. The van der Waals surface area contributed by atoms with Crippen molar-refractivity contribution in [3.63, 3.8) is 0 Å². The van der Waals surface area contributed by atoms with Crippen LogP contribution in [0.4, 0.5) is 0 Å². The van der Waals surface area contributed by atoms with Gasteiger partial charge in [-0.3, -0.25) is 0 Å². The minimum Gasteiger partial charge on any atom is -0.0683 e. The number of hydrogen-bond donors (Lipinski definition) is 0. The number of rotatable bonds is 3. The van der Waals surface area contributed by atoms with Crippen LogP contribution >= 0.6 is 0 Å². The molecule has 0 aromatic heterocycles. The Hall–Kier alpha value is -1.30. The predicted molar refractivity (Wildman–Crippen MR) is 70.2 cm³/mol. The highest BCUT2D eigenvalue weighted by molar-refractivity contribution is 5.39. The van der Waals surface area contributed by atoms with E-state index in [1.54, 1.807) is 0 Å². The molecule has 0 saturated heterocycles. The van der Waals surface area contributed by atoms with Gasteiger partial charge in [-0.1, -0.05) is 63.3 Å². The average molecular weight is 202 g/mol. The summed E-state index contributed by atoms with van der Waals surface area (Å²) in [5, 5.41) is 0. The van der Waals surface area contributed by atoms with Crippen LogP contribution in [0.2, 0.25) is 0 Å². The van der Waals surface area contributed by atoms with E-state index in [1.165, 1.54) is 16.7 Å². The Labute approximate surface area is 94.8 Å². The van der Waals surface area contributed by atoms with Crippen LogP contribution in [0.15, 0.2) is 48.1 Å². The standard InChI is InChI=1S/C13H14.C2H6.H2/c1-2-11-6-8-13(9-7-11)10-12-4-3-5-12;1-2;/h3-9H,2,10H2,1H3;1-2H3;1H. The molecule has 0 amide bonds. The van der Waals surface area contributed by atoms with E-state index in [1.807, 2.05) is 13.8 Å². The zero-order chi connectivity index (χ0) is 11.1. The zero-order valence-corrected chi connectivity index (χ0v) is 9.96. The molecule has 0 radical (unpaired) electrons. The smallest absolute Gasteiger partial charge is 0 e. The third-order valence-electron chi connectivity index (χ3n) is 2.46. The van der Waals surface area contributed by atoms with E-state index in [9.17, 15) is 0 Å². The first kappa shape index (κ1) is 11.8. The third kappa shape index (κ3) is 3.39. The normalized spacial score (nSPS) is 12.3. The lowest BCUT2D eigenvalue weighted by atomic mass is 9.98. The van der Waals surface area contributed by atoms with Crippen molar-refractivity contribution < 1.29 is 1.43 Å². The van der Waals surface area contributed by atoms with Gasteiger partial charge in [-0.15, -0.1) is 0 Å². The molecule has 0 unspecified atom stereocenters. The molecule has 0 aliphatic heterocycles. The van der Waals surface area contributed by atoms with Crippen molar-refractivity contribution in [3.05, 3.63) is 59.2 Å². The lowest BCUT2D eigenvalue weighted by Gasteiger charge is -2.07. The van der Waals surface area contributed by atoms with Crippen molar-refractivity contribution in [2.24, 2.45) is 0 Å². The van der Waals surface area contributed by atoms with Gasteiger partial charge in [-0.25, -0.2) is 0 Å². The van der Waals surface area contributed by atoms with Gasteiger partial charge < -0.3 is 0 Å². The van der Waals surface area contributed by atoms with Gasteiger partial charge in [0.05, 0.1) is 0 Å². The van der Waals surface area contributed by atoms with E-state index in [4.69, 9.17) is 0 Å². The largest absolute Gasteiger partial charge is 0.0683 e. The Kier molecular flexibility index (Phi) is 4.89. The Balaban J connectivity index is 0.000000711. The lowest BCUT2D eigenvalue weighted by molar-refractivity contribution is 1.12. The summed E-state index contributed by atoms with van der Waals surface area (Å²) in [6.07, 6.45) is 8.65. The van der Waals surface area contributed by atoms with Gasteiger partial charge in [0.1, 0.15) is 0 Å². The van der Waals surface area contributed by atoms with Crippen LogP contribution in [0, 0.1) is 0 Å². The van der Waals surface area contributed by atoms with Crippen LogP contribution in [0.3, 0.4) is 0 Å². The van der Waals surface area contributed by atoms with Crippen molar-refractivity contribution in [1.29, 1.82) is 0 Å². The summed E-state index contributed by atoms with van der Waals surface area (Å²) in [6.45, 7) is 6.19. The fourth-order valence-corrected chi connectivity index (χ4v) is 1.48. The molecule has 0 nitrogen and oxygen atoms in total. The molecule has 0 fully saturated rings. The first-order valence-electron chi connectivity index (χ1n) is 5.83. The van der Waals surface area contributed by atoms with E-state index >= 15 is 0 Å². The number of aryl methyl sites for hydroxylation is 1. The molecule has 1 aliphatic rings. The second-order valence-corrected chi connectivity index (χ2v) is 3.45. The average Bonchev–Trinajstić information content (AvgIpc) is 2.27. The van der Waals surface area contributed by atoms with Gasteiger partial charge >= 0.3 is 0 Å². The van der Waals surface area contributed by atoms with Crippen LogP contribution in [0.1, 0.15) is 33.3 Å². The number of allylic oxidation sites excluding steroid dienone is 4. The first-order chi connectivity index (χ1) is 7.38. The molecule has 0 heteroatoms. The summed E-state index contributed by atoms with van der Waals surface area (Å²) in [7, 11) is 0. The van der Waals surface area contributed by atoms with Crippen molar-refractivity contribution >= 4 is 0 Å². The predicted octanol–water partition coefficient (Wildman–Crippen LogP) is 4.56. The molecule has 1 aliphatic carbocycles. The summed E-state index contributed by atoms with van der Waals surface area (Å²) in [4.78, 5) is 0. The van der Waals surface area contributed by atoms with Crippen LogP contribution in [-0.4, -0.2) is 0 Å². The van der Waals surface area contributed by atoms with E-state index in [0.29, 0.717) is 0 Å². The van der Waals surface area contributed by atoms with Gasteiger partial charge in [0, 0.05) is 1.43 Å². The molecule has 0 spiro atoms. The summed E-state index contributed by atoms with van der Waals surface area (Å²) in [5.41, 5.74) is 4.26. The second kappa shape index (κ2) is 6.23. The van der Waals surface area contributed by atoms with Crippen LogP contribution in [0.25, 0.3) is 0 Å². The minimum atomic E-state index is 0. The quantitative estimate of drug-likeness (QED) is 0.674. The van der Waals surface area contributed by atoms with Crippen molar-refractivity contribution in [2.45, 2.75) is 33.6 Å². The topological polar surface area (TPSA) is 0 Å². The van der Waals surface area contributed by atoms with Gasteiger partial charge in [-0.2, -0.15) is 0 Å². The molecule has 82 valence electrons. The summed E-state index contributed by atoms with van der Waals surface area (Å²) in [5.74, 6) is 0. The lowest BCUT2D eigenvalue weighted by Crippen LogP contribution is -1.92. The van der Waals surface area contributed by atoms with E-state index in [0.717, 1.165) is 12.8 Å². The molecular formula is C15H22. The maximum atomic E-state index is 2.23. The van der Waals surface area contributed by atoms with Crippen LogP contribution in [0.5, 0.6) is 0 Å².